The van der Waals surface area contributed by atoms with E-state index in [-0.39, 0.29) is 12.5 Å². The number of hydrogen-bond acceptors (Lipinski definition) is 3. The Kier molecular flexibility index (Phi) is 3.16. The van der Waals surface area contributed by atoms with Gasteiger partial charge in [-0.2, -0.15) is 0 Å². The first kappa shape index (κ1) is 14.0. The monoisotopic (exact) mass is 329 g/mol. The van der Waals surface area contributed by atoms with E-state index in [1.807, 2.05) is 24.3 Å². The number of benzene rings is 2. The van der Waals surface area contributed by atoms with Gasteiger partial charge < -0.3 is 19.1 Å². The van der Waals surface area contributed by atoms with Crippen LogP contribution in [0, 0.1) is 0 Å². The second kappa shape index (κ2) is 5.21. The predicted molar refractivity (Wildman–Crippen MR) is 85.6 cm³/mol. The molecule has 5 nitrogen and oxygen atoms in total. The number of hydrogen-bond donors (Lipinski definition) is 1. The van der Waals surface area contributed by atoms with Gasteiger partial charge in [-0.1, -0.05) is 29.8 Å². The number of halogens is 1. The van der Waals surface area contributed by atoms with Gasteiger partial charge in [0.25, 0.3) is 0 Å². The summed E-state index contributed by atoms with van der Waals surface area (Å²) in [6.45, 7) is 0.507. The lowest BCUT2D eigenvalue weighted by Crippen LogP contribution is -2.09. The smallest absolute Gasteiger partial charge is 0.352 e. The van der Waals surface area contributed by atoms with Crippen molar-refractivity contribution in [2.24, 2.45) is 0 Å². The molecule has 0 fully saturated rings. The van der Waals surface area contributed by atoms with E-state index in [1.165, 1.54) is 0 Å². The van der Waals surface area contributed by atoms with Crippen molar-refractivity contribution in [2.75, 3.05) is 6.79 Å². The Morgan fingerprint density at radius 1 is 1.17 bits per heavy atom. The molecule has 0 unspecified atom stereocenters. The molecule has 1 aromatic heterocycles. The van der Waals surface area contributed by atoms with Gasteiger partial charge in [0.15, 0.2) is 11.5 Å². The zero-order valence-electron chi connectivity index (χ0n) is 12.0. The van der Waals surface area contributed by atoms with E-state index in [4.69, 9.17) is 21.1 Å². The summed E-state index contributed by atoms with van der Waals surface area (Å²) in [7, 11) is 0. The minimum Gasteiger partial charge on any atom is -0.477 e. The van der Waals surface area contributed by atoms with Crippen LogP contribution < -0.4 is 9.47 Å². The van der Waals surface area contributed by atoms with Gasteiger partial charge in [0, 0.05) is 22.0 Å². The number of ether oxygens (including phenoxy) is 2. The third-order valence-electron chi connectivity index (χ3n) is 3.90. The summed E-state index contributed by atoms with van der Waals surface area (Å²) in [6.07, 6.45) is 0. The first-order valence-electron chi connectivity index (χ1n) is 7.03. The van der Waals surface area contributed by atoms with E-state index >= 15 is 0 Å². The average Bonchev–Trinajstić information content (AvgIpc) is 3.12. The maximum Gasteiger partial charge on any atom is 0.352 e. The molecule has 0 aliphatic carbocycles. The largest absolute Gasteiger partial charge is 0.477 e. The van der Waals surface area contributed by atoms with E-state index in [1.54, 1.807) is 22.8 Å². The van der Waals surface area contributed by atoms with E-state index in [0.717, 1.165) is 16.5 Å². The molecule has 6 heteroatoms. The molecule has 0 bridgehead atoms. The third kappa shape index (κ3) is 2.29. The molecule has 116 valence electrons. The lowest BCUT2D eigenvalue weighted by Gasteiger charge is -2.11. The number of carbonyl (C=O) groups is 1. The number of fused-ring (bicyclic) bond motifs is 2. The first-order chi connectivity index (χ1) is 11.1. The number of nitrogens with zero attached hydrogens (tertiary/aromatic N) is 1. The molecule has 0 saturated carbocycles. The number of aromatic carboxylic acids is 1. The molecule has 0 saturated heterocycles. The maximum atomic E-state index is 11.6. The van der Waals surface area contributed by atoms with Crippen molar-refractivity contribution in [1.82, 2.24) is 4.57 Å². The fourth-order valence-electron chi connectivity index (χ4n) is 2.81. The highest BCUT2D eigenvalue weighted by Crippen LogP contribution is 2.37. The highest BCUT2D eigenvalue weighted by molar-refractivity contribution is 6.31. The van der Waals surface area contributed by atoms with Crippen LogP contribution in [-0.4, -0.2) is 22.4 Å². The van der Waals surface area contributed by atoms with Gasteiger partial charge in [0.1, 0.15) is 5.69 Å². The molecule has 0 atom stereocenters. The van der Waals surface area contributed by atoms with Crippen molar-refractivity contribution in [2.45, 2.75) is 6.54 Å². The Morgan fingerprint density at radius 2 is 1.91 bits per heavy atom. The highest BCUT2D eigenvalue weighted by atomic mass is 35.5. The minimum absolute atomic E-state index is 0.169. The summed E-state index contributed by atoms with van der Waals surface area (Å²) >= 11 is 6.31. The lowest BCUT2D eigenvalue weighted by atomic mass is 10.2. The first-order valence-corrected chi connectivity index (χ1v) is 7.41. The Labute approximate surface area is 136 Å². The summed E-state index contributed by atoms with van der Waals surface area (Å²) in [5.41, 5.74) is 1.85. The summed E-state index contributed by atoms with van der Waals surface area (Å²) < 4.78 is 12.4. The fraction of sp³-hybridized carbons (Fsp3) is 0.118. The zero-order valence-corrected chi connectivity index (χ0v) is 12.7. The van der Waals surface area contributed by atoms with E-state index in [2.05, 4.69) is 0 Å². The molecule has 23 heavy (non-hydrogen) atoms. The summed E-state index contributed by atoms with van der Waals surface area (Å²) in [5, 5.41) is 10.9. The molecule has 3 aromatic rings. The molecule has 2 heterocycles. The van der Waals surface area contributed by atoms with Gasteiger partial charge in [0.05, 0.1) is 6.54 Å². The highest BCUT2D eigenvalue weighted by Gasteiger charge is 2.19. The van der Waals surface area contributed by atoms with Crippen molar-refractivity contribution >= 4 is 28.5 Å². The molecule has 1 aliphatic heterocycles. The topological polar surface area (TPSA) is 60.7 Å². The number of carboxylic acid groups (broad SMARTS) is 1. The molecule has 0 radical (unpaired) electrons. The van der Waals surface area contributed by atoms with Crippen molar-refractivity contribution < 1.29 is 19.4 Å². The molecule has 1 aliphatic rings. The van der Waals surface area contributed by atoms with E-state index in [9.17, 15) is 9.90 Å². The Bertz CT molecular complexity index is 932. The Balaban J connectivity index is 1.84. The molecular weight excluding hydrogens is 318 g/mol. The number of rotatable bonds is 3. The van der Waals surface area contributed by atoms with Crippen LogP contribution in [0.5, 0.6) is 11.5 Å². The summed E-state index contributed by atoms with van der Waals surface area (Å²) in [4.78, 5) is 11.6. The quantitative estimate of drug-likeness (QED) is 0.794. The van der Waals surface area contributed by atoms with Gasteiger partial charge in [-0.15, -0.1) is 0 Å². The average molecular weight is 330 g/mol. The fourth-order valence-corrected chi connectivity index (χ4v) is 3.02. The summed E-state index contributed by atoms with van der Waals surface area (Å²) in [5.74, 6) is 0.255. The van der Waals surface area contributed by atoms with Gasteiger partial charge >= 0.3 is 5.97 Å². The van der Waals surface area contributed by atoms with Crippen molar-refractivity contribution in [1.29, 1.82) is 0 Å². The van der Waals surface area contributed by atoms with Gasteiger partial charge in [-0.3, -0.25) is 0 Å². The Morgan fingerprint density at radius 3 is 2.70 bits per heavy atom. The molecule has 4 rings (SSSR count). The molecular formula is C17H12ClNO4. The van der Waals surface area contributed by atoms with Gasteiger partial charge in [-0.25, -0.2) is 4.79 Å². The predicted octanol–water partition coefficient (Wildman–Crippen LogP) is 3.77. The standard InChI is InChI=1S/C17H12ClNO4/c18-12-7-16-15(22-9-23-16)6-11(12)8-19-13-4-2-1-3-10(13)5-14(19)17(20)21/h1-7H,8-9H2,(H,20,21). The van der Waals surface area contributed by atoms with Crippen LogP contribution in [0.15, 0.2) is 42.5 Å². The van der Waals surface area contributed by atoms with Crippen LogP contribution in [0.1, 0.15) is 16.1 Å². The second-order valence-electron chi connectivity index (χ2n) is 5.28. The van der Waals surface area contributed by atoms with Crippen LogP contribution >= 0.6 is 11.6 Å². The van der Waals surface area contributed by atoms with Crippen LogP contribution in [0.2, 0.25) is 5.02 Å². The molecule has 1 N–H and O–H groups in total. The summed E-state index contributed by atoms with van der Waals surface area (Å²) in [6, 6.07) is 12.7. The van der Waals surface area contributed by atoms with Crippen LogP contribution in [-0.2, 0) is 6.54 Å². The maximum absolute atomic E-state index is 11.6. The lowest BCUT2D eigenvalue weighted by molar-refractivity contribution is 0.0686. The molecule has 0 amide bonds. The van der Waals surface area contributed by atoms with E-state index in [0.29, 0.717) is 23.1 Å². The van der Waals surface area contributed by atoms with Crippen molar-refractivity contribution in [3.8, 4) is 11.5 Å². The normalized spacial score (nSPS) is 12.7. The Hall–Kier alpha value is -2.66. The third-order valence-corrected chi connectivity index (χ3v) is 4.25. The SMILES string of the molecule is O=C(O)c1cc2ccccc2n1Cc1cc2c(cc1Cl)OCO2. The van der Waals surface area contributed by atoms with Gasteiger partial charge in [-0.05, 0) is 23.8 Å². The van der Waals surface area contributed by atoms with Crippen LogP contribution in [0.3, 0.4) is 0 Å². The van der Waals surface area contributed by atoms with Crippen LogP contribution in [0.25, 0.3) is 10.9 Å². The number of carboxylic acids is 1. The van der Waals surface area contributed by atoms with Crippen molar-refractivity contribution in [3.05, 3.63) is 58.7 Å². The molecule has 0 spiro atoms. The second-order valence-corrected chi connectivity index (χ2v) is 5.68. The molecule has 2 aromatic carbocycles. The van der Waals surface area contributed by atoms with E-state index < -0.39 is 5.97 Å². The van der Waals surface area contributed by atoms with Gasteiger partial charge in [0.2, 0.25) is 6.79 Å². The minimum atomic E-state index is -0.974. The number of para-hydroxylation sites is 1. The van der Waals surface area contributed by atoms with Crippen molar-refractivity contribution in [3.63, 3.8) is 0 Å². The zero-order chi connectivity index (χ0) is 16.0. The van der Waals surface area contributed by atoms with Crippen LogP contribution in [0.4, 0.5) is 0 Å². The number of aromatic nitrogens is 1.